The Morgan fingerprint density at radius 3 is 2.69 bits per heavy atom. The van der Waals surface area contributed by atoms with Gasteiger partial charge in [0.2, 0.25) is 0 Å². The summed E-state index contributed by atoms with van der Waals surface area (Å²) in [5, 5.41) is 0. The third-order valence-corrected chi connectivity index (χ3v) is 3.56. The van der Waals surface area contributed by atoms with Crippen molar-refractivity contribution in [2.45, 2.75) is 43.8 Å². The van der Waals surface area contributed by atoms with E-state index < -0.39 is 17.9 Å². The number of hydrogen-bond donors (Lipinski definition) is 0. The minimum absolute atomic E-state index is 0.0934. The van der Waals surface area contributed by atoms with E-state index in [1.165, 1.54) is 0 Å². The maximum Gasteiger partial charge on any atom is 0.392 e. The van der Waals surface area contributed by atoms with Crippen LogP contribution in [0.1, 0.15) is 25.7 Å². The summed E-state index contributed by atoms with van der Waals surface area (Å²) in [5.74, 6) is -2.08. The van der Waals surface area contributed by atoms with Gasteiger partial charge in [-0.15, -0.1) is 11.6 Å². The van der Waals surface area contributed by atoms with Crippen molar-refractivity contribution in [3.8, 4) is 0 Å². The van der Waals surface area contributed by atoms with Crippen molar-refractivity contribution < 1.29 is 22.6 Å². The van der Waals surface area contributed by atoms with Crippen LogP contribution in [0.3, 0.4) is 0 Å². The molecule has 1 aliphatic heterocycles. The maximum absolute atomic E-state index is 12.6. The van der Waals surface area contributed by atoms with Gasteiger partial charge < -0.3 is 9.47 Å². The van der Waals surface area contributed by atoms with Crippen LogP contribution in [0, 0.1) is 5.92 Å². The van der Waals surface area contributed by atoms with Crippen LogP contribution < -0.4 is 0 Å². The summed E-state index contributed by atoms with van der Waals surface area (Å²) in [5.41, 5.74) is 0. The molecule has 2 aliphatic rings. The zero-order valence-electron chi connectivity index (χ0n) is 8.73. The van der Waals surface area contributed by atoms with Gasteiger partial charge in [0.1, 0.15) is 0 Å². The Bertz CT molecular complexity index is 259. The normalized spacial score (nSPS) is 40.5. The lowest BCUT2D eigenvalue weighted by Crippen LogP contribution is -2.41. The second kappa shape index (κ2) is 4.35. The average molecular weight is 259 g/mol. The quantitative estimate of drug-likeness (QED) is 0.673. The van der Waals surface area contributed by atoms with Crippen molar-refractivity contribution in [2.75, 3.05) is 12.5 Å². The van der Waals surface area contributed by atoms with Crippen LogP contribution in [0.15, 0.2) is 0 Å². The van der Waals surface area contributed by atoms with Gasteiger partial charge in [-0.3, -0.25) is 0 Å². The van der Waals surface area contributed by atoms with E-state index >= 15 is 0 Å². The number of hydrogen-bond acceptors (Lipinski definition) is 2. The summed E-state index contributed by atoms with van der Waals surface area (Å²) in [6.45, 7) is 0.300. The molecule has 0 aromatic heterocycles. The Hall–Kier alpha value is -0.0000000000000000208. The Kier molecular flexibility index (Phi) is 3.39. The Morgan fingerprint density at radius 1 is 1.38 bits per heavy atom. The van der Waals surface area contributed by atoms with E-state index in [1.54, 1.807) is 0 Å². The van der Waals surface area contributed by atoms with E-state index in [4.69, 9.17) is 21.1 Å². The maximum atomic E-state index is 12.6. The van der Waals surface area contributed by atoms with Crippen molar-refractivity contribution in [3.63, 3.8) is 0 Å². The largest absolute Gasteiger partial charge is 0.392 e. The minimum Gasteiger partial charge on any atom is -0.347 e. The second-order valence-corrected chi connectivity index (χ2v) is 4.76. The molecule has 0 aromatic rings. The molecule has 1 saturated carbocycles. The molecule has 94 valence electrons. The molecule has 16 heavy (non-hydrogen) atoms. The fourth-order valence-electron chi connectivity index (χ4n) is 2.41. The highest BCUT2D eigenvalue weighted by Gasteiger charge is 2.51. The number of alkyl halides is 4. The lowest BCUT2D eigenvalue weighted by Gasteiger charge is -2.37. The van der Waals surface area contributed by atoms with Gasteiger partial charge in [0, 0.05) is 12.8 Å². The summed E-state index contributed by atoms with van der Waals surface area (Å²) >= 11 is 5.61. The Morgan fingerprint density at radius 2 is 2.12 bits per heavy atom. The molecular formula is C10H14ClF3O2. The van der Waals surface area contributed by atoms with Crippen LogP contribution in [-0.4, -0.2) is 30.6 Å². The van der Waals surface area contributed by atoms with Gasteiger partial charge in [0.15, 0.2) is 5.79 Å². The summed E-state index contributed by atoms with van der Waals surface area (Å²) in [6, 6.07) is 0. The van der Waals surface area contributed by atoms with Crippen molar-refractivity contribution in [2.24, 2.45) is 5.92 Å². The Labute approximate surface area is 97.0 Å². The predicted molar refractivity (Wildman–Crippen MR) is 52.3 cm³/mol. The van der Waals surface area contributed by atoms with Gasteiger partial charge in [-0.05, 0) is 12.8 Å². The number of rotatable bonds is 1. The van der Waals surface area contributed by atoms with Gasteiger partial charge in [-0.2, -0.15) is 13.2 Å². The molecule has 0 aromatic carbocycles. The van der Waals surface area contributed by atoms with Gasteiger partial charge in [0.05, 0.1) is 24.5 Å². The zero-order valence-corrected chi connectivity index (χ0v) is 9.48. The molecule has 1 heterocycles. The third kappa shape index (κ3) is 2.46. The molecule has 6 heteroatoms. The molecule has 3 unspecified atom stereocenters. The van der Waals surface area contributed by atoms with Gasteiger partial charge in [-0.1, -0.05) is 0 Å². The van der Waals surface area contributed by atoms with E-state index in [-0.39, 0.29) is 24.8 Å². The first-order chi connectivity index (χ1) is 7.45. The summed E-state index contributed by atoms with van der Waals surface area (Å²) in [6.07, 6.45) is -3.33. The highest BCUT2D eigenvalue weighted by Crippen LogP contribution is 2.46. The van der Waals surface area contributed by atoms with Gasteiger partial charge in [0.25, 0.3) is 0 Å². The number of halogens is 4. The van der Waals surface area contributed by atoms with Crippen LogP contribution in [0.2, 0.25) is 0 Å². The van der Waals surface area contributed by atoms with Crippen molar-refractivity contribution in [1.29, 1.82) is 0 Å². The lowest BCUT2D eigenvalue weighted by molar-refractivity contribution is -0.247. The van der Waals surface area contributed by atoms with Crippen LogP contribution in [0.4, 0.5) is 13.2 Å². The van der Waals surface area contributed by atoms with Crippen molar-refractivity contribution in [1.82, 2.24) is 0 Å². The van der Waals surface area contributed by atoms with Crippen LogP contribution >= 0.6 is 11.6 Å². The highest BCUT2D eigenvalue weighted by atomic mass is 35.5. The topological polar surface area (TPSA) is 18.5 Å². The fourth-order valence-corrected chi connectivity index (χ4v) is 2.56. The highest BCUT2D eigenvalue weighted by molar-refractivity contribution is 6.18. The molecule has 0 bridgehead atoms. The first-order valence-electron chi connectivity index (χ1n) is 5.40. The van der Waals surface area contributed by atoms with E-state index in [2.05, 4.69) is 0 Å². The summed E-state index contributed by atoms with van der Waals surface area (Å²) in [7, 11) is 0. The van der Waals surface area contributed by atoms with E-state index in [0.29, 0.717) is 19.4 Å². The Balaban J connectivity index is 2.02. The summed E-state index contributed by atoms with van der Waals surface area (Å²) < 4.78 is 48.8. The van der Waals surface area contributed by atoms with Crippen LogP contribution in [-0.2, 0) is 9.47 Å². The minimum atomic E-state index is -4.15. The summed E-state index contributed by atoms with van der Waals surface area (Å²) in [4.78, 5) is 0. The van der Waals surface area contributed by atoms with E-state index in [0.717, 1.165) is 0 Å². The van der Waals surface area contributed by atoms with E-state index in [1.807, 2.05) is 0 Å². The van der Waals surface area contributed by atoms with E-state index in [9.17, 15) is 13.2 Å². The smallest absolute Gasteiger partial charge is 0.347 e. The molecular weight excluding hydrogens is 245 g/mol. The van der Waals surface area contributed by atoms with Crippen LogP contribution in [0.25, 0.3) is 0 Å². The molecule has 2 rings (SSSR count). The predicted octanol–water partition coefficient (Wildman–Crippen LogP) is 3.09. The van der Waals surface area contributed by atoms with Crippen molar-refractivity contribution in [3.05, 3.63) is 0 Å². The third-order valence-electron chi connectivity index (χ3n) is 3.22. The molecule has 2 fully saturated rings. The zero-order chi connectivity index (χ0) is 11.8. The van der Waals surface area contributed by atoms with Crippen LogP contribution in [0.5, 0.6) is 0 Å². The molecule has 1 spiro atoms. The van der Waals surface area contributed by atoms with Gasteiger partial charge >= 0.3 is 6.18 Å². The average Bonchev–Trinajstić information content (AvgIpc) is 2.60. The molecule has 3 atom stereocenters. The first kappa shape index (κ1) is 12.5. The van der Waals surface area contributed by atoms with Gasteiger partial charge in [-0.25, -0.2) is 0 Å². The molecule has 1 saturated heterocycles. The molecule has 2 nitrogen and oxygen atoms in total. The monoisotopic (exact) mass is 258 g/mol. The lowest BCUT2D eigenvalue weighted by atomic mass is 9.84. The van der Waals surface area contributed by atoms with Crippen molar-refractivity contribution >= 4 is 11.6 Å². The molecule has 0 N–H and O–H groups in total. The first-order valence-corrected chi connectivity index (χ1v) is 5.93. The SMILES string of the molecule is FC(F)(F)C1CCCC2(C1)OCC(CCl)O2. The molecule has 0 radical (unpaired) electrons. The fraction of sp³-hybridized carbons (Fsp3) is 1.00. The molecule has 1 aliphatic carbocycles. The molecule has 0 amide bonds. The number of ether oxygens (including phenoxy) is 2. The second-order valence-electron chi connectivity index (χ2n) is 4.45. The standard InChI is InChI=1S/C10H14ClF3O2/c11-5-8-6-15-9(16-8)3-1-2-7(4-9)10(12,13)14/h7-8H,1-6H2.